The average Bonchev–Trinajstić information content (AvgIpc) is 2.39. The van der Waals surface area contributed by atoms with Gasteiger partial charge in [-0.25, -0.2) is 9.52 Å². The van der Waals surface area contributed by atoms with Crippen molar-refractivity contribution in [2.24, 2.45) is 5.73 Å². The molecule has 0 atom stereocenters. The maximum absolute atomic E-state index is 12.3. The fourth-order valence-electron chi connectivity index (χ4n) is 2.01. The monoisotopic (exact) mass is 295 g/mol. The van der Waals surface area contributed by atoms with Crippen molar-refractivity contribution >= 4 is 16.3 Å². The molecule has 0 rings (SSSR count). The van der Waals surface area contributed by atoms with Crippen molar-refractivity contribution in [3.63, 3.8) is 0 Å². The summed E-state index contributed by atoms with van der Waals surface area (Å²) in [6, 6.07) is 0. The summed E-state index contributed by atoms with van der Waals surface area (Å²) in [7, 11) is -2.85. The molecule has 0 saturated carbocycles. The van der Waals surface area contributed by atoms with E-state index in [-0.39, 0.29) is 6.54 Å². The van der Waals surface area contributed by atoms with Gasteiger partial charge in [-0.05, 0) is 19.3 Å². The van der Waals surface area contributed by atoms with Crippen LogP contribution in [0.2, 0.25) is 0 Å². The molecule has 114 valence electrons. The van der Waals surface area contributed by atoms with Crippen LogP contribution in [0.25, 0.3) is 0 Å². The van der Waals surface area contributed by atoms with Crippen LogP contribution in [0.1, 0.15) is 40.0 Å². The molecule has 0 spiro atoms. The maximum Gasteiger partial charge on any atom is 0.421 e. The molecule has 1 amide bonds. The lowest BCUT2D eigenvalue weighted by molar-refractivity contribution is 0.164. The fraction of sp³-hybridized carbons (Fsp3) is 0.909. The van der Waals surface area contributed by atoms with E-state index in [4.69, 9.17) is 5.73 Å². The molecular formula is C11H25N3O4S. The van der Waals surface area contributed by atoms with Gasteiger partial charge in [0.2, 0.25) is 0 Å². The number of ether oxygens (including phenoxy) is 1. The van der Waals surface area contributed by atoms with E-state index in [2.05, 4.69) is 4.74 Å². The molecule has 0 radical (unpaired) electrons. The number of nitrogens with zero attached hydrogens (tertiary/aromatic N) is 1. The minimum atomic E-state index is -3.96. The molecule has 3 N–H and O–H groups in total. The lowest BCUT2D eigenvalue weighted by atomic mass is 9.93. The number of hydrogen-bond donors (Lipinski definition) is 2. The van der Waals surface area contributed by atoms with E-state index in [0.717, 1.165) is 7.11 Å². The van der Waals surface area contributed by atoms with Crippen LogP contribution in [0, 0.1) is 0 Å². The van der Waals surface area contributed by atoms with Crippen LogP contribution in [-0.4, -0.2) is 44.6 Å². The molecule has 0 aliphatic carbocycles. The smallest absolute Gasteiger partial charge is 0.421 e. The normalized spacial score (nSPS) is 12.5. The quantitative estimate of drug-likeness (QED) is 0.690. The number of carbonyl (C=O) groups excluding carboxylic acids is 1. The zero-order chi connectivity index (χ0) is 15.1. The Hall–Kier alpha value is -0.860. The van der Waals surface area contributed by atoms with Crippen molar-refractivity contribution in [3.05, 3.63) is 0 Å². The molecule has 0 aromatic heterocycles. The van der Waals surface area contributed by atoms with E-state index in [1.54, 1.807) is 0 Å². The second kappa shape index (κ2) is 7.66. The highest BCUT2D eigenvalue weighted by Crippen LogP contribution is 2.25. The highest BCUT2D eigenvalue weighted by atomic mass is 32.2. The minimum Gasteiger partial charge on any atom is -0.452 e. The molecule has 19 heavy (non-hydrogen) atoms. The second-order valence-electron chi connectivity index (χ2n) is 4.31. The molecular weight excluding hydrogens is 270 g/mol. The van der Waals surface area contributed by atoms with Crippen molar-refractivity contribution in [2.75, 3.05) is 20.2 Å². The molecule has 0 unspecified atom stereocenters. The zero-order valence-corrected chi connectivity index (χ0v) is 12.9. The van der Waals surface area contributed by atoms with Gasteiger partial charge in [0, 0.05) is 18.6 Å². The molecule has 0 aliphatic rings. The Labute approximate surface area is 115 Å². The molecule has 0 heterocycles. The number of amides is 1. The van der Waals surface area contributed by atoms with Gasteiger partial charge >= 0.3 is 16.3 Å². The zero-order valence-electron chi connectivity index (χ0n) is 12.1. The lowest BCUT2D eigenvalue weighted by Crippen LogP contribution is -2.59. The average molecular weight is 295 g/mol. The number of methoxy groups -OCH3 is 1. The summed E-state index contributed by atoms with van der Waals surface area (Å²) >= 11 is 0. The first-order valence-corrected chi connectivity index (χ1v) is 7.86. The number of nitrogens with one attached hydrogen (secondary N) is 1. The number of nitrogens with two attached hydrogens (primary N) is 1. The highest BCUT2D eigenvalue weighted by Gasteiger charge is 2.40. The summed E-state index contributed by atoms with van der Waals surface area (Å²) in [5.41, 5.74) is 5.09. The van der Waals surface area contributed by atoms with Crippen molar-refractivity contribution in [3.8, 4) is 0 Å². The summed E-state index contributed by atoms with van der Waals surface area (Å²) in [5, 5.41) is 0. The predicted octanol–water partition coefficient (Wildman–Crippen LogP) is 0.817. The number of carbonyl (C=O) groups is 1. The molecule has 0 aliphatic heterocycles. The summed E-state index contributed by atoms with van der Waals surface area (Å²) in [6.45, 7) is 6.12. The van der Waals surface area contributed by atoms with Crippen LogP contribution in [0.3, 0.4) is 0 Å². The Kier molecular flexibility index (Phi) is 7.32. The van der Waals surface area contributed by atoms with E-state index in [1.807, 2.05) is 25.5 Å². The molecule has 7 nitrogen and oxygen atoms in total. The fourth-order valence-corrected chi connectivity index (χ4v) is 3.68. The van der Waals surface area contributed by atoms with E-state index in [0.29, 0.717) is 25.8 Å². The minimum absolute atomic E-state index is 0.197. The van der Waals surface area contributed by atoms with E-state index < -0.39 is 21.8 Å². The summed E-state index contributed by atoms with van der Waals surface area (Å²) < 4.78 is 32.0. The largest absolute Gasteiger partial charge is 0.452 e. The summed E-state index contributed by atoms with van der Waals surface area (Å²) in [5.74, 6) is 0. The Morgan fingerprint density at radius 1 is 1.32 bits per heavy atom. The van der Waals surface area contributed by atoms with Gasteiger partial charge in [0.25, 0.3) is 0 Å². The third-order valence-corrected chi connectivity index (χ3v) is 4.91. The SMILES string of the molecule is CCCN(C(CC)(CC)CN)S(=O)(=O)NC(=O)OC. The van der Waals surface area contributed by atoms with Gasteiger partial charge in [-0.2, -0.15) is 12.7 Å². The second-order valence-corrected chi connectivity index (χ2v) is 5.90. The van der Waals surface area contributed by atoms with Crippen molar-refractivity contribution < 1.29 is 17.9 Å². The van der Waals surface area contributed by atoms with Gasteiger partial charge in [0.15, 0.2) is 0 Å². The van der Waals surface area contributed by atoms with Gasteiger partial charge in [0.1, 0.15) is 0 Å². The predicted molar refractivity (Wildman–Crippen MR) is 73.8 cm³/mol. The molecule has 0 bridgehead atoms. The topological polar surface area (TPSA) is 102 Å². The van der Waals surface area contributed by atoms with Gasteiger partial charge < -0.3 is 10.5 Å². The number of hydrogen-bond acceptors (Lipinski definition) is 5. The number of rotatable bonds is 8. The van der Waals surface area contributed by atoms with Crippen LogP contribution in [0.5, 0.6) is 0 Å². The van der Waals surface area contributed by atoms with E-state index in [9.17, 15) is 13.2 Å². The summed E-state index contributed by atoms with van der Waals surface area (Å²) in [4.78, 5) is 11.2. The maximum atomic E-state index is 12.3. The lowest BCUT2D eigenvalue weighted by Gasteiger charge is -2.40. The Morgan fingerprint density at radius 3 is 2.16 bits per heavy atom. The molecule has 8 heteroatoms. The van der Waals surface area contributed by atoms with Gasteiger partial charge in [-0.1, -0.05) is 20.8 Å². The van der Waals surface area contributed by atoms with Crippen LogP contribution in [0.4, 0.5) is 4.79 Å². The first kappa shape index (κ1) is 18.1. The van der Waals surface area contributed by atoms with Gasteiger partial charge in [-0.3, -0.25) is 0 Å². The first-order valence-electron chi connectivity index (χ1n) is 6.42. The van der Waals surface area contributed by atoms with Gasteiger partial charge in [0.05, 0.1) is 7.11 Å². The van der Waals surface area contributed by atoms with E-state index >= 15 is 0 Å². The van der Waals surface area contributed by atoms with Crippen LogP contribution < -0.4 is 10.5 Å². The van der Waals surface area contributed by atoms with Crippen molar-refractivity contribution in [1.82, 2.24) is 9.03 Å². The van der Waals surface area contributed by atoms with E-state index in [1.165, 1.54) is 4.31 Å². The third-order valence-electron chi connectivity index (χ3n) is 3.34. The van der Waals surface area contributed by atoms with Crippen molar-refractivity contribution in [2.45, 2.75) is 45.6 Å². The Morgan fingerprint density at radius 2 is 1.84 bits per heavy atom. The van der Waals surface area contributed by atoms with Crippen LogP contribution in [-0.2, 0) is 14.9 Å². The standard InChI is InChI=1S/C11H25N3O4S/c1-5-8-14(11(6-2,7-3)9-12)19(16,17)13-10(15)18-4/h5-9,12H2,1-4H3,(H,13,15). The van der Waals surface area contributed by atoms with Crippen molar-refractivity contribution in [1.29, 1.82) is 0 Å². The first-order chi connectivity index (χ1) is 8.83. The molecule has 0 aromatic carbocycles. The van der Waals surface area contributed by atoms with Crippen LogP contribution >= 0.6 is 0 Å². The molecule has 0 fully saturated rings. The Balaban J connectivity index is 5.46. The third kappa shape index (κ3) is 4.32. The van der Waals surface area contributed by atoms with Gasteiger partial charge in [-0.15, -0.1) is 0 Å². The summed E-state index contributed by atoms with van der Waals surface area (Å²) in [6.07, 6.45) is 0.771. The molecule has 0 saturated heterocycles. The van der Waals surface area contributed by atoms with Crippen LogP contribution in [0.15, 0.2) is 0 Å². The Bertz CT molecular complexity index is 371. The highest BCUT2D eigenvalue weighted by molar-refractivity contribution is 7.87. The molecule has 0 aromatic rings.